The molecule has 40 heavy (non-hydrogen) atoms. The highest BCUT2D eigenvalue weighted by atomic mass is 32.2. The van der Waals surface area contributed by atoms with Crippen molar-refractivity contribution in [2.24, 2.45) is 22.2 Å². The molecule has 3 rings (SSSR count). The summed E-state index contributed by atoms with van der Waals surface area (Å²) in [5, 5.41) is -1.54. The minimum absolute atomic E-state index is 0.0120. The molecule has 0 heterocycles. The van der Waals surface area contributed by atoms with Gasteiger partial charge in [0.25, 0.3) is 10.1 Å². The van der Waals surface area contributed by atoms with Crippen molar-refractivity contribution in [1.29, 1.82) is 0 Å². The first-order valence-corrected chi connectivity index (χ1v) is 13.0. The highest BCUT2D eigenvalue weighted by molar-refractivity contribution is 7.86. The van der Waals surface area contributed by atoms with Crippen LogP contribution >= 0.6 is 0 Å². The number of hydrogen-bond acceptors (Lipinski definition) is 5. The Morgan fingerprint density at radius 2 is 1.65 bits per heavy atom. The van der Waals surface area contributed by atoms with E-state index in [-0.39, 0.29) is 17.7 Å². The van der Waals surface area contributed by atoms with Gasteiger partial charge >= 0.3 is 6.18 Å². The number of guanidine groups is 1. The van der Waals surface area contributed by atoms with Crippen LogP contribution < -0.4 is 17.2 Å². The average Bonchev–Trinajstić information content (AvgIpc) is 2.86. The Bertz CT molecular complexity index is 1520. The summed E-state index contributed by atoms with van der Waals surface area (Å²) >= 11 is 0. The summed E-state index contributed by atoms with van der Waals surface area (Å²) in [6, 6.07) is 16.9. The lowest BCUT2D eigenvalue weighted by molar-refractivity contribution is -0.211. The van der Waals surface area contributed by atoms with Crippen LogP contribution in [0.2, 0.25) is 0 Å². The third-order valence-corrected chi connectivity index (χ3v) is 6.49. The van der Waals surface area contributed by atoms with E-state index >= 15 is 0 Å². The fourth-order valence-corrected chi connectivity index (χ4v) is 4.05. The van der Waals surface area contributed by atoms with Gasteiger partial charge in [-0.3, -0.25) is 4.55 Å². The van der Waals surface area contributed by atoms with E-state index in [9.17, 15) is 26.0 Å². The molecule has 0 saturated heterocycles. The molecule has 0 radical (unpaired) electrons. The van der Waals surface area contributed by atoms with Crippen LogP contribution in [0.15, 0.2) is 96.2 Å². The molecule has 0 aliphatic rings. The molecule has 0 aliphatic heterocycles. The zero-order valence-corrected chi connectivity index (χ0v) is 21.7. The van der Waals surface area contributed by atoms with Gasteiger partial charge in [-0.15, -0.1) is 0 Å². The van der Waals surface area contributed by atoms with Gasteiger partial charge in [-0.25, -0.2) is 9.38 Å². The summed E-state index contributed by atoms with van der Waals surface area (Å²) in [4.78, 5) is 3.93. The monoisotopic (exact) mass is 578 g/mol. The quantitative estimate of drug-likeness (QED) is 0.0682. The highest BCUT2D eigenvalue weighted by Gasteiger charge is 2.43. The fraction of sp³-hybridized carbons (Fsp3) is 0.148. The van der Waals surface area contributed by atoms with E-state index in [0.717, 1.165) is 6.08 Å². The van der Waals surface area contributed by atoms with Crippen LogP contribution in [-0.4, -0.2) is 30.5 Å². The molecule has 0 aromatic heterocycles. The van der Waals surface area contributed by atoms with Gasteiger partial charge in [0, 0.05) is 23.6 Å². The molecule has 3 aromatic rings. The standard InChI is InChI=1S/C27H26F4N4O4S/c1-16(13-23(35-26(33)34)19-7-5-17(6-8-19)14-24(32)40(36,37)38)39-25(27(29,30)31)20-11-9-18(10-12-20)21-3-2-4-22(28)15-21/h2-13,15,24-25H,1,14,32H2,(H4,33,34,35)(H,36,37,38)/b23-13-. The Morgan fingerprint density at radius 1 is 1.02 bits per heavy atom. The largest absolute Gasteiger partial charge is 0.477 e. The number of aliphatic imine (C=N–C) groups is 1. The maximum atomic E-state index is 14.0. The summed E-state index contributed by atoms with van der Waals surface area (Å²) in [5.74, 6) is -1.28. The molecule has 2 atom stereocenters. The lowest BCUT2D eigenvalue weighted by atomic mass is 10.0. The van der Waals surface area contributed by atoms with Crippen molar-refractivity contribution in [3.8, 4) is 11.1 Å². The van der Waals surface area contributed by atoms with Gasteiger partial charge in [-0.1, -0.05) is 67.2 Å². The van der Waals surface area contributed by atoms with Crippen molar-refractivity contribution in [2.45, 2.75) is 24.1 Å². The van der Waals surface area contributed by atoms with Crippen molar-refractivity contribution in [2.75, 3.05) is 0 Å². The smallest absolute Gasteiger partial charge is 0.429 e. The van der Waals surface area contributed by atoms with Gasteiger partial charge in [0.15, 0.2) is 5.96 Å². The van der Waals surface area contributed by atoms with Gasteiger partial charge in [-0.2, -0.15) is 21.6 Å². The van der Waals surface area contributed by atoms with Gasteiger partial charge in [-0.05, 0) is 28.8 Å². The number of nitrogens with two attached hydrogens (primary N) is 3. The van der Waals surface area contributed by atoms with Crippen molar-refractivity contribution in [3.05, 3.63) is 114 Å². The molecular formula is C27H26F4N4O4S. The summed E-state index contributed by atoms with van der Waals surface area (Å²) < 4.78 is 92.0. The third kappa shape index (κ3) is 8.40. The van der Waals surface area contributed by atoms with E-state index < -0.39 is 45.3 Å². The molecule has 0 amide bonds. The summed E-state index contributed by atoms with van der Waals surface area (Å²) in [7, 11) is -4.45. The number of ether oxygens (including phenoxy) is 1. The third-order valence-electron chi connectivity index (χ3n) is 5.55. The molecule has 7 N–H and O–H groups in total. The normalized spacial score (nSPS) is 13.8. The number of rotatable bonds is 10. The Balaban J connectivity index is 1.86. The maximum absolute atomic E-state index is 14.0. The Morgan fingerprint density at radius 3 is 2.17 bits per heavy atom. The molecule has 13 heteroatoms. The molecule has 0 fully saturated rings. The van der Waals surface area contributed by atoms with Crippen LogP contribution in [0.25, 0.3) is 16.8 Å². The number of allylic oxidation sites excluding steroid dienone is 1. The van der Waals surface area contributed by atoms with Crippen LogP contribution in [0, 0.1) is 5.82 Å². The zero-order chi connectivity index (χ0) is 29.7. The topological polar surface area (TPSA) is 154 Å². The molecular weight excluding hydrogens is 552 g/mol. The Labute approximate surface area is 228 Å². The Hall–Kier alpha value is -4.20. The molecule has 212 valence electrons. The summed E-state index contributed by atoms with van der Waals surface area (Å²) in [6.45, 7) is 3.56. The first kappa shape index (κ1) is 30.3. The fourth-order valence-electron chi connectivity index (χ4n) is 3.65. The molecule has 8 nitrogen and oxygen atoms in total. The average molecular weight is 579 g/mol. The van der Waals surface area contributed by atoms with E-state index in [0.29, 0.717) is 22.3 Å². The molecule has 2 unspecified atom stereocenters. The Kier molecular flexibility index (Phi) is 9.35. The van der Waals surface area contributed by atoms with E-state index in [1.807, 2.05) is 0 Å². The number of alkyl halides is 3. The number of nitrogens with zero attached hydrogens (tertiary/aromatic N) is 1. The number of benzene rings is 3. The second-order valence-corrected chi connectivity index (χ2v) is 10.3. The molecule has 0 spiro atoms. The van der Waals surface area contributed by atoms with Crippen molar-refractivity contribution < 1.29 is 35.3 Å². The van der Waals surface area contributed by atoms with Crippen LogP contribution in [-0.2, 0) is 21.3 Å². The van der Waals surface area contributed by atoms with Crippen molar-refractivity contribution in [1.82, 2.24) is 0 Å². The lowest BCUT2D eigenvalue weighted by Crippen LogP contribution is -2.32. The maximum Gasteiger partial charge on any atom is 0.429 e. The summed E-state index contributed by atoms with van der Waals surface area (Å²) in [5.41, 5.74) is 18.0. The van der Waals surface area contributed by atoms with Crippen LogP contribution in [0.1, 0.15) is 22.8 Å². The van der Waals surface area contributed by atoms with E-state index in [4.69, 9.17) is 26.5 Å². The minimum Gasteiger partial charge on any atom is -0.477 e. The van der Waals surface area contributed by atoms with Gasteiger partial charge < -0.3 is 21.9 Å². The van der Waals surface area contributed by atoms with Gasteiger partial charge in [0.1, 0.15) is 17.0 Å². The number of halogens is 4. The lowest BCUT2D eigenvalue weighted by Gasteiger charge is -2.23. The predicted octanol–water partition coefficient (Wildman–Crippen LogP) is 4.66. The van der Waals surface area contributed by atoms with Crippen molar-refractivity contribution >= 4 is 21.8 Å². The van der Waals surface area contributed by atoms with Crippen LogP contribution in [0.5, 0.6) is 0 Å². The zero-order valence-electron chi connectivity index (χ0n) is 20.8. The molecule has 0 aliphatic carbocycles. The van der Waals surface area contributed by atoms with Crippen molar-refractivity contribution in [3.63, 3.8) is 0 Å². The van der Waals surface area contributed by atoms with Gasteiger partial charge in [0.05, 0.1) is 5.70 Å². The molecule has 0 bridgehead atoms. The SMILES string of the molecule is C=C(/C=C(\N=C(N)N)c1ccc(CC(N)S(=O)(=O)O)cc1)OC(c1ccc(-c2cccc(F)c2)cc1)C(F)(F)F. The van der Waals surface area contributed by atoms with Crippen LogP contribution in [0.4, 0.5) is 17.6 Å². The van der Waals surface area contributed by atoms with Gasteiger partial charge in [0.2, 0.25) is 6.10 Å². The first-order valence-electron chi connectivity index (χ1n) is 11.5. The summed E-state index contributed by atoms with van der Waals surface area (Å²) in [6.07, 6.45) is -6.29. The van der Waals surface area contributed by atoms with E-state index in [2.05, 4.69) is 11.6 Å². The van der Waals surface area contributed by atoms with Crippen LogP contribution in [0.3, 0.4) is 0 Å². The second kappa shape index (κ2) is 12.3. The molecule has 3 aromatic carbocycles. The van der Waals surface area contributed by atoms with E-state index in [1.54, 1.807) is 6.07 Å². The first-order chi connectivity index (χ1) is 18.6. The number of hydrogen-bond donors (Lipinski definition) is 4. The molecule has 0 saturated carbocycles. The second-order valence-electron chi connectivity index (χ2n) is 8.66. The minimum atomic E-state index is -4.82. The van der Waals surface area contributed by atoms with E-state index in [1.165, 1.54) is 66.7 Å². The highest BCUT2D eigenvalue weighted by Crippen LogP contribution is 2.38. The predicted molar refractivity (Wildman–Crippen MR) is 144 cm³/mol.